The molecule has 0 spiro atoms. The summed E-state index contributed by atoms with van der Waals surface area (Å²) in [5.74, 6) is 2.73. The van der Waals surface area contributed by atoms with Gasteiger partial charge in [0.15, 0.2) is 0 Å². The summed E-state index contributed by atoms with van der Waals surface area (Å²) in [6, 6.07) is 10.6. The number of imidazole rings is 1. The van der Waals surface area contributed by atoms with Gasteiger partial charge in [0.25, 0.3) is 0 Å². The van der Waals surface area contributed by atoms with Crippen molar-refractivity contribution in [2.75, 3.05) is 13.1 Å². The Kier molecular flexibility index (Phi) is 4.54. The van der Waals surface area contributed by atoms with E-state index in [0.717, 1.165) is 32.1 Å². The first kappa shape index (κ1) is 16.8. The van der Waals surface area contributed by atoms with Gasteiger partial charge in [-0.1, -0.05) is 18.2 Å². The average molecular weight is 361 g/mol. The predicted molar refractivity (Wildman–Crippen MR) is 106 cm³/mol. The maximum absolute atomic E-state index is 4.74. The number of para-hydroxylation sites is 1. The molecule has 3 aromatic rings. The van der Waals surface area contributed by atoms with Gasteiger partial charge in [-0.05, 0) is 55.8 Å². The van der Waals surface area contributed by atoms with Crippen molar-refractivity contribution in [3.63, 3.8) is 0 Å². The third kappa shape index (κ3) is 3.69. The van der Waals surface area contributed by atoms with Crippen LogP contribution in [-0.2, 0) is 13.1 Å². The standard InChI is InChI=1S/C22H27N5/c1-2-7-21(27-13-4-10-24-27)19(5-1)16-25-12-3-6-20(17-25)22-23-11-14-26(22)15-18-8-9-18/h1-2,4-5,7,10-11,13-14,18,20H,3,6,8-9,12,15-17H2/t20-/m1/s1. The Morgan fingerprint density at radius 3 is 2.78 bits per heavy atom. The summed E-state index contributed by atoms with van der Waals surface area (Å²) in [6.07, 6.45) is 13.3. The lowest BCUT2D eigenvalue weighted by Gasteiger charge is -2.33. The van der Waals surface area contributed by atoms with Crippen LogP contribution in [0.25, 0.3) is 5.69 Å². The number of likely N-dealkylation sites (tertiary alicyclic amines) is 1. The smallest absolute Gasteiger partial charge is 0.113 e. The zero-order valence-corrected chi connectivity index (χ0v) is 15.7. The molecule has 27 heavy (non-hydrogen) atoms. The molecule has 5 nitrogen and oxygen atoms in total. The van der Waals surface area contributed by atoms with Crippen LogP contribution in [0.5, 0.6) is 0 Å². The van der Waals surface area contributed by atoms with Gasteiger partial charge in [0.2, 0.25) is 0 Å². The molecule has 1 atom stereocenters. The fraction of sp³-hybridized carbons (Fsp3) is 0.455. The Morgan fingerprint density at radius 1 is 1.00 bits per heavy atom. The molecule has 0 amide bonds. The lowest BCUT2D eigenvalue weighted by atomic mass is 9.96. The molecule has 2 aliphatic rings. The normalized spacial score (nSPS) is 20.8. The fourth-order valence-corrected chi connectivity index (χ4v) is 4.34. The first-order chi connectivity index (χ1) is 13.4. The summed E-state index contributed by atoms with van der Waals surface area (Å²) in [5.41, 5.74) is 2.52. The van der Waals surface area contributed by atoms with E-state index in [1.54, 1.807) is 0 Å². The van der Waals surface area contributed by atoms with Gasteiger partial charge in [-0.2, -0.15) is 5.10 Å². The van der Waals surface area contributed by atoms with E-state index in [0.29, 0.717) is 5.92 Å². The van der Waals surface area contributed by atoms with Gasteiger partial charge in [-0.3, -0.25) is 4.90 Å². The molecule has 140 valence electrons. The maximum atomic E-state index is 4.74. The molecule has 5 heteroatoms. The van der Waals surface area contributed by atoms with Crippen LogP contribution < -0.4 is 0 Å². The largest absolute Gasteiger partial charge is 0.334 e. The summed E-state index contributed by atoms with van der Waals surface area (Å²) in [4.78, 5) is 7.33. The maximum Gasteiger partial charge on any atom is 0.113 e. The molecular weight excluding hydrogens is 334 g/mol. The van der Waals surface area contributed by atoms with Crippen LogP contribution in [0.1, 0.15) is 43.0 Å². The molecule has 1 aromatic carbocycles. The molecule has 0 unspecified atom stereocenters. The van der Waals surface area contributed by atoms with Crippen LogP contribution in [0.3, 0.4) is 0 Å². The van der Waals surface area contributed by atoms with Gasteiger partial charge in [-0.25, -0.2) is 9.67 Å². The van der Waals surface area contributed by atoms with Gasteiger partial charge < -0.3 is 4.57 Å². The number of nitrogens with zero attached hydrogens (tertiary/aromatic N) is 5. The number of aromatic nitrogens is 4. The Balaban J connectivity index is 1.32. The monoisotopic (exact) mass is 361 g/mol. The van der Waals surface area contributed by atoms with Gasteiger partial charge in [0.1, 0.15) is 5.82 Å². The van der Waals surface area contributed by atoms with Crippen LogP contribution in [0.4, 0.5) is 0 Å². The highest BCUT2D eigenvalue weighted by Gasteiger charge is 2.28. The first-order valence-corrected chi connectivity index (χ1v) is 10.2. The lowest BCUT2D eigenvalue weighted by molar-refractivity contribution is 0.194. The molecule has 0 bridgehead atoms. The molecule has 3 heterocycles. The number of piperidine rings is 1. The van der Waals surface area contributed by atoms with Gasteiger partial charge in [-0.15, -0.1) is 0 Å². The van der Waals surface area contributed by atoms with E-state index < -0.39 is 0 Å². The van der Waals surface area contributed by atoms with Crippen molar-refractivity contribution in [2.45, 2.75) is 44.7 Å². The highest BCUT2D eigenvalue weighted by Crippen LogP contribution is 2.33. The zero-order valence-electron chi connectivity index (χ0n) is 15.7. The van der Waals surface area contributed by atoms with Crippen molar-refractivity contribution < 1.29 is 0 Å². The van der Waals surface area contributed by atoms with Crippen molar-refractivity contribution in [2.24, 2.45) is 5.92 Å². The minimum Gasteiger partial charge on any atom is -0.334 e. The summed E-state index contributed by atoms with van der Waals surface area (Å²) in [5, 5.41) is 4.43. The molecular formula is C22H27N5. The Morgan fingerprint density at radius 2 is 1.93 bits per heavy atom. The highest BCUT2D eigenvalue weighted by atomic mass is 15.3. The number of benzene rings is 1. The van der Waals surface area contributed by atoms with E-state index in [-0.39, 0.29) is 0 Å². The summed E-state index contributed by atoms with van der Waals surface area (Å²) >= 11 is 0. The molecule has 0 radical (unpaired) electrons. The zero-order chi connectivity index (χ0) is 18.1. The fourth-order valence-electron chi connectivity index (χ4n) is 4.34. The highest BCUT2D eigenvalue weighted by molar-refractivity contribution is 5.40. The van der Waals surface area contributed by atoms with Crippen molar-refractivity contribution >= 4 is 0 Å². The van der Waals surface area contributed by atoms with Crippen LogP contribution in [0, 0.1) is 5.92 Å². The minimum atomic E-state index is 0.546. The van der Waals surface area contributed by atoms with E-state index in [9.17, 15) is 0 Å². The van der Waals surface area contributed by atoms with Gasteiger partial charge >= 0.3 is 0 Å². The van der Waals surface area contributed by atoms with Gasteiger partial charge in [0.05, 0.1) is 5.69 Å². The van der Waals surface area contributed by atoms with E-state index in [1.807, 2.05) is 29.3 Å². The van der Waals surface area contributed by atoms with Crippen molar-refractivity contribution in [3.05, 3.63) is 66.5 Å². The quantitative estimate of drug-likeness (QED) is 0.669. The Bertz CT molecular complexity index is 878. The number of hydrogen-bond acceptors (Lipinski definition) is 3. The van der Waals surface area contributed by atoms with Crippen molar-refractivity contribution in [1.82, 2.24) is 24.2 Å². The summed E-state index contributed by atoms with van der Waals surface area (Å²) in [6.45, 7) is 4.38. The second-order valence-corrected chi connectivity index (χ2v) is 8.03. The molecule has 5 rings (SSSR count). The SMILES string of the molecule is c1ccc(-n2cccn2)c(CN2CCC[C@@H](c3nccn3CC3CC3)C2)c1. The number of rotatable bonds is 6. The molecule has 0 N–H and O–H groups in total. The third-order valence-corrected chi connectivity index (χ3v) is 5.91. The number of hydrogen-bond donors (Lipinski definition) is 0. The van der Waals surface area contributed by atoms with Gasteiger partial charge in [0, 0.05) is 50.3 Å². The molecule has 2 aromatic heterocycles. The third-order valence-electron chi connectivity index (χ3n) is 5.91. The average Bonchev–Trinajstić information content (AvgIpc) is 3.16. The van der Waals surface area contributed by atoms with Crippen LogP contribution in [-0.4, -0.2) is 37.3 Å². The molecule has 1 saturated heterocycles. The molecule has 1 aliphatic carbocycles. The van der Waals surface area contributed by atoms with E-state index >= 15 is 0 Å². The van der Waals surface area contributed by atoms with Crippen molar-refractivity contribution in [3.8, 4) is 5.69 Å². The van der Waals surface area contributed by atoms with Crippen LogP contribution in [0.15, 0.2) is 55.1 Å². The van der Waals surface area contributed by atoms with Crippen LogP contribution >= 0.6 is 0 Å². The summed E-state index contributed by atoms with van der Waals surface area (Å²) in [7, 11) is 0. The minimum absolute atomic E-state index is 0.546. The molecule has 2 fully saturated rings. The Hall–Kier alpha value is -2.40. The topological polar surface area (TPSA) is 38.9 Å². The lowest BCUT2D eigenvalue weighted by Crippen LogP contribution is -2.35. The summed E-state index contributed by atoms with van der Waals surface area (Å²) < 4.78 is 4.39. The van der Waals surface area contributed by atoms with Crippen LogP contribution in [0.2, 0.25) is 0 Å². The second kappa shape index (κ2) is 7.31. The Labute approximate surface area is 160 Å². The van der Waals surface area contributed by atoms with E-state index in [1.165, 1.54) is 42.8 Å². The van der Waals surface area contributed by atoms with E-state index in [2.05, 4.69) is 45.0 Å². The van der Waals surface area contributed by atoms with E-state index in [4.69, 9.17) is 4.98 Å². The second-order valence-electron chi connectivity index (χ2n) is 8.03. The first-order valence-electron chi connectivity index (χ1n) is 10.2. The molecule has 1 saturated carbocycles. The van der Waals surface area contributed by atoms with Crippen molar-refractivity contribution in [1.29, 1.82) is 0 Å². The molecule has 1 aliphatic heterocycles. The predicted octanol–water partition coefficient (Wildman–Crippen LogP) is 3.86.